The summed E-state index contributed by atoms with van der Waals surface area (Å²) >= 11 is 6.18. The minimum Gasteiger partial charge on any atom is -0.486 e. The molecule has 1 amide bonds. The van der Waals surface area contributed by atoms with Crippen LogP contribution in [0.25, 0.3) is 0 Å². The first kappa shape index (κ1) is 21.3. The number of carbonyl (C=O) groups excluding carboxylic acids is 1. The van der Waals surface area contributed by atoms with E-state index in [9.17, 15) is 13.2 Å². The van der Waals surface area contributed by atoms with Crippen LogP contribution < -0.4 is 19.1 Å². The molecule has 1 aliphatic rings. The molecule has 1 atom stereocenters. The fourth-order valence-electron chi connectivity index (χ4n) is 3.13. The summed E-state index contributed by atoms with van der Waals surface area (Å²) in [4.78, 5) is 13.0. The molecule has 0 aromatic heterocycles. The highest BCUT2D eigenvalue weighted by atomic mass is 35.5. The number of hydrogen-bond acceptors (Lipinski definition) is 5. The van der Waals surface area contributed by atoms with E-state index in [1.807, 2.05) is 6.92 Å². The molecule has 0 unspecified atom stereocenters. The summed E-state index contributed by atoms with van der Waals surface area (Å²) in [6, 6.07) is 9.02. The smallest absolute Gasteiger partial charge is 0.248 e. The van der Waals surface area contributed by atoms with Gasteiger partial charge >= 0.3 is 0 Å². The molecule has 0 saturated carbocycles. The van der Waals surface area contributed by atoms with Gasteiger partial charge in [0.25, 0.3) is 0 Å². The summed E-state index contributed by atoms with van der Waals surface area (Å²) in [5.41, 5.74) is 1.65. The first-order chi connectivity index (χ1) is 13.7. The van der Waals surface area contributed by atoms with Crippen molar-refractivity contribution in [3.8, 4) is 11.5 Å². The number of benzene rings is 2. The Balaban J connectivity index is 1.90. The van der Waals surface area contributed by atoms with Crippen molar-refractivity contribution in [2.45, 2.75) is 26.3 Å². The lowest BCUT2D eigenvalue weighted by molar-refractivity contribution is -0.117. The van der Waals surface area contributed by atoms with Gasteiger partial charge in [0, 0.05) is 16.8 Å². The highest BCUT2D eigenvalue weighted by molar-refractivity contribution is 7.92. The van der Waals surface area contributed by atoms with Crippen molar-refractivity contribution in [2.75, 3.05) is 29.1 Å². The van der Waals surface area contributed by atoms with Crippen LogP contribution in [0.5, 0.6) is 11.5 Å². The topological polar surface area (TPSA) is 84.9 Å². The quantitative estimate of drug-likeness (QED) is 0.744. The van der Waals surface area contributed by atoms with Crippen molar-refractivity contribution >= 4 is 38.9 Å². The Morgan fingerprint density at radius 3 is 2.48 bits per heavy atom. The summed E-state index contributed by atoms with van der Waals surface area (Å²) in [5, 5.41) is 3.21. The maximum atomic E-state index is 13.0. The second-order valence-corrected chi connectivity index (χ2v) is 9.03. The molecular formula is C20H23ClN2O5S. The summed E-state index contributed by atoms with van der Waals surface area (Å²) in [6.07, 6.45) is 1.34. The second-order valence-electron chi connectivity index (χ2n) is 6.76. The number of hydrogen-bond donors (Lipinski definition) is 1. The molecule has 9 heteroatoms. The van der Waals surface area contributed by atoms with E-state index < -0.39 is 22.0 Å². The highest BCUT2D eigenvalue weighted by Gasteiger charge is 2.32. The van der Waals surface area contributed by atoms with Crippen LogP contribution in [0.1, 0.15) is 18.9 Å². The molecule has 2 aromatic rings. The van der Waals surface area contributed by atoms with Gasteiger partial charge in [0.1, 0.15) is 19.3 Å². The van der Waals surface area contributed by atoms with Gasteiger partial charge in [-0.1, -0.05) is 24.6 Å². The van der Waals surface area contributed by atoms with Crippen LogP contribution in [-0.2, 0) is 14.8 Å². The van der Waals surface area contributed by atoms with E-state index in [1.54, 1.807) is 43.3 Å². The van der Waals surface area contributed by atoms with Gasteiger partial charge < -0.3 is 14.8 Å². The van der Waals surface area contributed by atoms with E-state index in [4.69, 9.17) is 21.1 Å². The van der Waals surface area contributed by atoms with Crippen LogP contribution in [0, 0.1) is 6.92 Å². The number of amides is 1. The van der Waals surface area contributed by atoms with E-state index in [1.165, 1.54) is 0 Å². The molecule has 0 spiro atoms. The molecule has 0 bridgehead atoms. The molecule has 0 saturated heterocycles. The van der Waals surface area contributed by atoms with E-state index >= 15 is 0 Å². The standard InChI is InChI=1S/C20H23ClN2O5S/c1-4-17(23(29(3,25)26)15-7-5-13(2)16(21)12-15)20(24)22-14-6-8-18-19(11-14)28-10-9-27-18/h5-8,11-12,17H,4,9-10H2,1-3H3,(H,22,24)/t17-/m0/s1. The van der Waals surface area contributed by atoms with Gasteiger partial charge in [0.2, 0.25) is 15.9 Å². The van der Waals surface area contributed by atoms with Crippen LogP contribution in [0.2, 0.25) is 5.02 Å². The molecule has 0 fully saturated rings. The van der Waals surface area contributed by atoms with Crippen LogP contribution in [0.15, 0.2) is 36.4 Å². The summed E-state index contributed by atoms with van der Waals surface area (Å²) < 4.78 is 37.2. The Morgan fingerprint density at radius 2 is 1.86 bits per heavy atom. The maximum Gasteiger partial charge on any atom is 0.248 e. The van der Waals surface area contributed by atoms with Gasteiger partial charge in [0.05, 0.1) is 11.9 Å². The molecule has 0 radical (unpaired) electrons. The minimum atomic E-state index is -3.74. The van der Waals surface area contributed by atoms with Gasteiger partial charge in [0.15, 0.2) is 11.5 Å². The minimum absolute atomic E-state index is 0.273. The average molecular weight is 439 g/mol. The van der Waals surface area contributed by atoms with Gasteiger partial charge in [-0.05, 0) is 43.2 Å². The van der Waals surface area contributed by atoms with Crippen molar-refractivity contribution in [3.05, 3.63) is 47.0 Å². The molecule has 1 N–H and O–H groups in total. The molecule has 1 aliphatic heterocycles. The van der Waals surface area contributed by atoms with Crippen molar-refractivity contribution in [1.29, 1.82) is 0 Å². The predicted molar refractivity (Wildman–Crippen MR) is 114 cm³/mol. The number of sulfonamides is 1. The third kappa shape index (κ3) is 4.76. The molecule has 156 valence electrons. The van der Waals surface area contributed by atoms with E-state index in [-0.39, 0.29) is 6.42 Å². The van der Waals surface area contributed by atoms with Crippen molar-refractivity contribution in [3.63, 3.8) is 0 Å². The monoisotopic (exact) mass is 438 g/mol. The Labute approximate surface area is 175 Å². The maximum absolute atomic E-state index is 13.0. The summed E-state index contributed by atoms with van der Waals surface area (Å²) in [5.74, 6) is 0.687. The number of nitrogens with zero attached hydrogens (tertiary/aromatic N) is 1. The first-order valence-electron chi connectivity index (χ1n) is 9.16. The first-order valence-corrected chi connectivity index (χ1v) is 11.4. The Hall–Kier alpha value is -2.45. The van der Waals surface area contributed by atoms with Crippen LogP contribution >= 0.6 is 11.6 Å². The van der Waals surface area contributed by atoms with E-state index in [0.717, 1.165) is 16.1 Å². The largest absolute Gasteiger partial charge is 0.486 e. The number of halogens is 1. The molecule has 2 aromatic carbocycles. The Kier molecular flexibility index (Phi) is 6.24. The Morgan fingerprint density at radius 1 is 1.17 bits per heavy atom. The van der Waals surface area contributed by atoms with Gasteiger partial charge in [-0.25, -0.2) is 8.42 Å². The molecular weight excluding hydrogens is 416 g/mol. The van der Waals surface area contributed by atoms with Gasteiger partial charge in [-0.15, -0.1) is 0 Å². The number of aryl methyl sites for hydroxylation is 1. The van der Waals surface area contributed by atoms with Crippen molar-refractivity contribution in [1.82, 2.24) is 0 Å². The van der Waals surface area contributed by atoms with E-state index in [2.05, 4.69) is 5.32 Å². The molecule has 0 aliphatic carbocycles. The number of ether oxygens (including phenoxy) is 2. The predicted octanol–water partition coefficient (Wildman–Crippen LogP) is 3.60. The van der Waals surface area contributed by atoms with Crippen LogP contribution in [0.3, 0.4) is 0 Å². The lowest BCUT2D eigenvalue weighted by atomic mass is 10.1. The zero-order chi connectivity index (χ0) is 21.2. The molecule has 29 heavy (non-hydrogen) atoms. The molecule has 3 rings (SSSR count). The number of anilines is 2. The average Bonchev–Trinajstić information content (AvgIpc) is 2.67. The van der Waals surface area contributed by atoms with Gasteiger partial charge in [-0.2, -0.15) is 0 Å². The Bertz CT molecular complexity index is 1030. The van der Waals surface area contributed by atoms with Crippen LogP contribution in [0.4, 0.5) is 11.4 Å². The third-order valence-electron chi connectivity index (χ3n) is 4.55. The van der Waals surface area contributed by atoms with Crippen LogP contribution in [-0.4, -0.2) is 39.8 Å². The van der Waals surface area contributed by atoms with E-state index in [0.29, 0.717) is 41.1 Å². The number of fused-ring (bicyclic) bond motifs is 1. The zero-order valence-corrected chi connectivity index (χ0v) is 18.0. The second kappa shape index (κ2) is 8.51. The molecule has 7 nitrogen and oxygen atoms in total. The molecule has 1 heterocycles. The normalized spacial score (nSPS) is 14.2. The number of nitrogens with one attached hydrogen (secondary N) is 1. The number of carbonyl (C=O) groups is 1. The summed E-state index contributed by atoms with van der Waals surface area (Å²) in [6.45, 7) is 4.47. The zero-order valence-electron chi connectivity index (χ0n) is 16.4. The lowest BCUT2D eigenvalue weighted by Crippen LogP contribution is -2.47. The fraction of sp³-hybridized carbons (Fsp3) is 0.350. The van der Waals surface area contributed by atoms with Crippen molar-refractivity contribution in [2.24, 2.45) is 0 Å². The lowest BCUT2D eigenvalue weighted by Gasteiger charge is -2.30. The fourth-order valence-corrected chi connectivity index (χ4v) is 4.50. The highest BCUT2D eigenvalue weighted by Crippen LogP contribution is 2.33. The third-order valence-corrected chi connectivity index (χ3v) is 6.14. The SMILES string of the molecule is CC[C@@H](C(=O)Nc1ccc2c(c1)OCCO2)N(c1ccc(C)c(Cl)c1)S(C)(=O)=O. The summed E-state index contributed by atoms with van der Waals surface area (Å²) in [7, 11) is -3.74. The van der Waals surface area contributed by atoms with Crippen molar-refractivity contribution < 1.29 is 22.7 Å². The number of rotatable bonds is 6. The van der Waals surface area contributed by atoms with Gasteiger partial charge in [-0.3, -0.25) is 9.10 Å².